The fourth-order valence-electron chi connectivity index (χ4n) is 1.67. The van der Waals surface area contributed by atoms with Crippen molar-refractivity contribution in [1.82, 2.24) is 15.5 Å². The Labute approximate surface area is 112 Å². The predicted octanol–water partition coefficient (Wildman–Crippen LogP) is 1.84. The van der Waals surface area contributed by atoms with E-state index in [1.165, 1.54) is 0 Å². The van der Waals surface area contributed by atoms with Gasteiger partial charge >= 0.3 is 0 Å². The number of thioether (sulfide) groups is 1. The molecule has 6 heteroatoms. The number of nitrogens with two attached hydrogens (primary N) is 1. The number of rotatable bonds is 6. The van der Waals surface area contributed by atoms with Gasteiger partial charge in [0, 0.05) is 6.54 Å². The number of amides is 1. The third kappa shape index (κ3) is 3.66. The summed E-state index contributed by atoms with van der Waals surface area (Å²) < 4.78 is 0. The molecule has 1 aromatic heterocycles. The molecule has 4 N–H and O–H groups in total. The van der Waals surface area contributed by atoms with Crippen LogP contribution in [0.3, 0.4) is 0 Å². The first-order valence-corrected chi connectivity index (χ1v) is 7.47. The summed E-state index contributed by atoms with van der Waals surface area (Å²) in [6.07, 6.45) is 2.05. The SMILES string of the molecule is CSCC(C)CNC(=O)c1n[nH]c(C(C)C)c1N. The van der Waals surface area contributed by atoms with Crippen LogP contribution in [0, 0.1) is 5.92 Å². The number of hydrogen-bond acceptors (Lipinski definition) is 4. The molecule has 0 aliphatic heterocycles. The van der Waals surface area contributed by atoms with Crippen LogP contribution >= 0.6 is 11.8 Å². The summed E-state index contributed by atoms with van der Waals surface area (Å²) in [4.78, 5) is 11.9. The molecule has 1 heterocycles. The summed E-state index contributed by atoms with van der Waals surface area (Å²) in [5, 5.41) is 9.68. The van der Waals surface area contributed by atoms with Gasteiger partial charge in [0.1, 0.15) is 0 Å². The molecule has 1 amide bonds. The van der Waals surface area contributed by atoms with Crippen LogP contribution in [0.25, 0.3) is 0 Å². The number of carbonyl (C=O) groups excluding carboxylic acids is 1. The third-order valence-electron chi connectivity index (χ3n) is 2.69. The summed E-state index contributed by atoms with van der Waals surface area (Å²) in [6.45, 7) is 6.76. The van der Waals surface area contributed by atoms with E-state index in [1.807, 2.05) is 13.8 Å². The lowest BCUT2D eigenvalue weighted by atomic mass is 10.1. The molecule has 5 nitrogen and oxygen atoms in total. The van der Waals surface area contributed by atoms with Crippen LogP contribution in [-0.2, 0) is 0 Å². The van der Waals surface area contributed by atoms with Crippen molar-refractivity contribution < 1.29 is 4.79 Å². The van der Waals surface area contributed by atoms with Crippen molar-refractivity contribution in [3.63, 3.8) is 0 Å². The second-order valence-electron chi connectivity index (χ2n) is 4.82. The highest BCUT2D eigenvalue weighted by molar-refractivity contribution is 7.98. The molecule has 1 unspecified atom stereocenters. The van der Waals surface area contributed by atoms with Crippen LogP contribution in [0.1, 0.15) is 42.9 Å². The maximum atomic E-state index is 11.9. The van der Waals surface area contributed by atoms with Crippen LogP contribution in [-0.4, -0.2) is 34.7 Å². The van der Waals surface area contributed by atoms with Gasteiger partial charge in [0.25, 0.3) is 5.91 Å². The largest absolute Gasteiger partial charge is 0.395 e. The highest BCUT2D eigenvalue weighted by Crippen LogP contribution is 2.21. The molecule has 1 atom stereocenters. The van der Waals surface area contributed by atoms with E-state index < -0.39 is 0 Å². The standard InChI is InChI=1S/C12H22N4OS/c1-7(2)10-9(13)11(16-15-10)12(17)14-5-8(3)6-18-4/h7-8H,5-6,13H2,1-4H3,(H,14,17)(H,15,16). The van der Waals surface area contributed by atoms with Gasteiger partial charge in [0.05, 0.1) is 11.4 Å². The molecule has 1 rings (SSSR count). The molecule has 0 aliphatic rings. The zero-order chi connectivity index (χ0) is 13.7. The van der Waals surface area contributed by atoms with E-state index >= 15 is 0 Å². The van der Waals surface area contributed by atoms with Gasteiger partial charge in [-0.1, -0.05) is 20.8 Å². The first kappa shape index (κ1) is 14.9. The number of anilines is 1. The number of nitrogen functional groups attached to an aromatic ring is 1. The number of hydrogen-bond donors (Lipinski definition) is 3. The molecule has 0 aromatic carbocycles. The first-order valence-electron chi connectivity index (χ1n) is 6.08. The zero-order valence-corrected chi connectivity index (χ0v) is 12.2. The molecule has 0 radical (unpaired) electrons. The summed E-state index contributed by atoms with van der Waals surface area (Å²) in [5.41, 5.74) is 7.49. The number of carbonyl (C=O) groups is 1. The molecule has 1 aromatic rings. The van der Waals surface area contributed by atoms with E-state index in [0.717, 1.165) is 11.4 Å². The minimum absolute atomic E-state index is 0.205. The Bertz CT molecular complexity index is 403. The fraction of sp³-hybridized carbons (Fsp3) is 0.667. The highest BCUT2D eigenvalue weighted by atomic mass is 32.2. The molecule has 0 saturated heterocycles. The van der Waals surface area contributed by atoms with Gasteiger partial charge in [-0.05, 0) is 23.8 Å². The normalized spacial score (nSPS) is 12.7. The minimum Gasteiger partial charge on any atom is -0.395 e. The number of nitrogens with one attached hydrogen (secondary N) is 2. The predicted molar refractivity (Wildman–Crippen MR) is 77.0 cm³/mol. The summed E-state index contributed by atoms with van der Waals surface area (Å²) in [6, 6.07) is 0. The van der Waals surface area contributed by atoms with E-state index in [4.69, 9.17) is 5.73 Å². The number of aromatic nitrogens is 2. The monoisotopic (exact) mass is 270 g/mol. The molecular formula is C12H22N4OS. The Hall–Kier alpha value is -1.17. The lowest BCUT2D eigenvalue weighted by Gasteiger charge is -2.10. The second-order valence-corrected chi connectivity index (χ2v) is 5.74. The maximum Gasteiger partial charge on any atom is 0.273 e. The molecule has 0 aliphatic carbocycles. The van der Waals surface area contributed by atoms with Crippen molar-refractivity contribution in [2.24, 2.45) is 5.92 Å². The van der Waals surface area contributed by atoms with Crippen molar-refractivity contribution in [3.8, 4) is 0 Å². The summed E-state index contributed by atoms with van der Waals surface area (Å²) >= 11 is 1.77. The smallest absolute Gasteiger partial charge is 0.273 e. The van der Waals surface area contributed by atoms with E-state index in [0.29, 0.717) is 23.8 Å². The third-order valence-corrected chi connectivity index (χ3v) is 3.59. The van der Waals surface area contributed by atoms with Crippen LogP contribution in [0.2, 0.25) is 0 Å². The van der Waals surface area contributed by atoms with Crippen LogP contribution in [0.4, 0.5) is 5.69 Å². The Morgan fingerprint density at radius 2 is 2.17 bits per heavy atom. The topological polar surface area (TPSA) is 83.8 Å². The molecule has 0 fully saturated rings. The number of H-pyrrole nitrogens is 1. The van der Waals surface area contributed by atoms with E-state index in [-0.39, 0.29) is 11.8 Å². The van der Waals surface area contributed by atoms with E-state index in [2.05, 4.69) is 28.7 Å². The van der Waals surface area contributed by atoms with Crippen LogP contribution < -0.4 is 11.1 Å². The lowest BCUT2D eigenvalue weighted by molar-refractivity contribution is 0.0945. The van der Waals surface area contributed by atoms with Gasteiger partial charge in [-0.2, -0.15) is 16.9 Å². The van der Waals surface area contributed by atoms with Crippen molar-refractivity contribution in [3.05, 3.63) is 11.4 Å². The second kappa shape index (κ2) is 6.68. The summed E-state index contributed by atoms with van der Waals surface area (Å²) in [7, 11) is 0. The lowest BCUT2D eigenvalue weighted by Crippen LogP contribution is -2.29. The fourth-order valence-corrected chi connectivity index (χ4v) is 2.36. The average Bonchev–Trinajstić information content (AvgIpc) is 2.68. The summed E-state index contributed by atoms with van der Waals surface area (Å²) in [5.74, 6) is 1.49. The molecule has 0 bridgehead atoms. The molecule has 102 valence electrons. The highest BCUT2D eigenvalue weighted by Gasteiger charge is 2.18. The average molecular weight is 270 g/mol. The van der Waals surface area contributed by atoms with Crippen LogP contribution in [0.15, 0.2) is 0 Å². The van der Waals surface area contributed by atoms with E-state index in [9.17, 15) is 4.79 Å². The van der Waals surface area contributed by atoms with Crippen molar-refractivity contribution in [2.45, 2.75) is 26.7 Å². The van der Waals surface area contributed by atoms with Gasteiger partial charge in [-0.3, -0.25) is 9.89 Å². The van der Waals surface area contributed by atoms with Crippen molar-refractivity contribution in [1.29, 1.82) is 0 Å². The first-order chi connectivity index (χ1) is 8.47. The molecule has 0 spiro atoms. The van der Waals surface area contributed by atoms with Crippen LogP contribution in [0.5, 0.6) is 0 Å². The molecule has 18 heavy (non-hydrogen) atoms. The van der Waals surface area contributed by atoms with Crippen molar-refractivity contribution >= 4 is 23.4 Å². The zero-order valence-electron chi connectivity index (χ0n) is 11.4. The number of nitrogens with zero attached hydrogens (tertiary/aromatic N) is 1. The van der Waals surface area contributed by atoms with Gasteiger partial charge in [0.15, 0.2) is 5.69 Å². The van der Waals surface area contributed by atoms with Gasteiger partial charge in [0.2, 0.25) is 0 Å². The van der Waals surface area contributed by atoms with Gasteiger partial charge in [-0.15, -0.1) is 0 Å². The minimum atomic E-state index is -0.205. The van der Waals surface area contributed by atoms with Gasteiger partial charge < -0.3 is 11.1 Å². The van der Waals surface area contributed by atoms with Crippen molar-refractivity contribution in [2.75, 3.05) is 24.3 Å². The maximum absolute atomic E-state index is 11.9. The number of aromatic amines is 1. The quantitative estimate of drug-likeness (QED) is 0.736. The Morgan fingerprint density at radius 3 is 2.67 bits per heavy atom. The van der Waals surface area contributed by atoms with Gasteiger partial charge in [-0.25, -0.2) is 0 Å². The Kier molecular flexibility index (Phi) is 5.53. The Morgan fingerprint density at radius 1 is 1.50 bits per heavy atom. The van der Waals surface area contributed by atoms with E-state index in [1.54, 1.807) is 11.8 Å². The molecule has 0 saturated carbocycles. The Balaban J connectivity index is 2.62. The molecular weight excluding hydrogens is 248 g/mol.